The second kappa shape index (κ2) is 8.64. The number of rotatable bonds is 4. The van der Waals surface area contributed by atoms with Crippen molar-refractivity contribution in [3.05, 3.63) is 92.8 Å². The molecule has 0 atom stereocenters. The summed E-state index contributed by atoms with van der Waals surface area (Å²) in [5.74, 6) is 1.05. The van der Waals surface area contributed by atoms with Crippen LogP contribution in [0.3, 0.4) is 0 Å². The predicted molar refractivity (Wildman–Crippen MR) is 121 cm³/mol. The Morgan fingerprint density at radius 1 is 1.13 bits per heavy atom. The lowest BCUT2D eigenvalue weighted by Crippen LogP contribution is -2.22. The molecule has 30 heavy (non-hydrogen) atoms. The van der Waals surface area contributed by atoms with Crippen LogP contribution in [0.25, 0.3) is 16.7 Å². The van der Waals surface area contributed by atoms with Crippen LogP contribution in [-0.4, -0.2) is 16.1 Å². The third-order valence-electron chi connectivity index (χ3n) is 5.41. The largest absolute Gasteiger partial charge is 0.461 e. The van der Waals surface area contributed by atoms with Gasteiger partial charge in [0.15, 0.2) is 0 Å². The van der Waals surface area contributed by atoms with Gasteiger partial charge in [-0.25, -0.2) is 0 Å². The smallest absolute Gasteiger partial charge is 0.255 e. The molecule has 1 aliphatic heterocycles. The summed E-state index contributed by atoms with van der Waals surface area (Å²) in [5, 5.41) is 5.13. The molecule has 1 aromatic carbocycles. The van der Waals surface area contributed by atoms with Crippen molar-refractivity contribution in [3.8, 4) is 5.69 Å². The highest BCUT2D eigenvalue weighted by Gasteiger charge is 2.17. The first-order valence-electron chi connectivity index (χ1n) is 9.75. The minimum atomic E-state index is -0.0519. The Morgan fingerprint density at radius 3 is 2.83 bits per heavy atom. The maximum Gasteiger partial charge on any atom is 0.255 e. The monoisotopic (exact) mass is 441 g/mol. The van der Waals surface area contributed by atoms with Crippen molar-refractivity contribution in [3.63, 3.8) is 0 Å². The van der Waals surface area contributed by atoms with Gasteiger partial charge in [0.2, 0.25) is 0 Å². The Kier molecular flexibility index (Phi) is 5.95. The molecule has 0 aliphatic carbocycles. The Morgan fingerprint density at radius 2 is 2.03 bits per heavy atom. The molecule has 7 heteroatoms. The van der Waals surface area contributed by atoms with Crippen LogP contribution in [0.15, 0.2) is 64.1 Å². The number of halogens is 2. The van der Waals surface area contributed by atoms with Crippen LogP contribution in [0.2, 0.25) is 5.02 Å². The number of nitrogens with zero attached hydrogens (tertiary/aromatic N) is 2. The molecule has 0 saturated carbocycles. The van der Waals surface area contributed by atoms with E-state index in [4.69, 9.17) is 16.0 Å². The zero-order chi connectivity index (χ0) is 19.8. The first-order valence-corrected chi connectivity index (χ1v) is 10.1. The molecule has 0 spiro atoms. The quantitative estimate of drug-likeness (QED) is 0.506. The Balaban J connectivity index is 0.00000218. The second-order valence-electron chi connectivity index (χ2n) is 7.32. The molecule has 1 aliphatic rings. The summed E-state index contributed by atoms with van der Waals surface area (Å²) in [6.45, 7) is 1.77. The van der Waals surface area contributed by atoms with Crippen molar-refractivity contribution >= 4 is 35.0 Å². The number of pyridine rings is 2. The number of furan rings is 1. The number of nitrogens with one attached hydrogen (secondary N) is 1. The molecule has 5 nitrogen and oxygen atoms in total. The zero-order valence-electron chi connectivity index (χ0n) is 16.2. The maximum atomic E-state index is 12.7. The van der Waals surface area contributed by atoms with Gasteiger partial charge < -0.3 is 9.73 Å². The highest BCUT2D eigenvalue weighted by atomic mass is 35.5. The van der Waals surface area contributed by atoms with Gasteiger partial charge in [-0.15, -0.1) is 12.4 Å². The third kappa shape index (κ3) is 4.01. The number of fused-ring (bicyclic) bond motifs is 3. The SMILES string of the molecule is Cl.O=c1cc(CCc2ccc(Cl)cn2)ccn1-c1ccc2c3c(oc2c1)CCNC3. The van der Waals surface area contributed by atoms with Gasteiger partial charge in [0.25, 0.3) is 5.56 Å². The fourth-order valence-corrected chi connectivity index (χ4v) is 3.98. The second-order valence-corrected chi connectivity index (χ2v) is 7.76. The number of aryl methyl sites for hydroxylation is 2. The van der Waals surface area contributed by atoms with Crippen LogP contribution in [0.5, 0.6) is 0 Å². The molecular weight excluding hydrogens is 421 g/mol. The molecule has 154 valence electrons. The highest BCUT2D eigenvalue weighted by Crippen LogP contribution is 2.29. The molecule has 4 aromatic rings. The van der Waals surface area contributed by atoms with Crippen LogP contribution >= 0.6 is 24.0 Å². The molecule has 4 heterocycles. The summed E-state index contributed by atoms with van der Waals surface area (Å²) >= 11 is 5.87. The summed E-state index contributed by atoms with van der Waals surface area (Å²) in [5.41, 5.74) is 4.78. The van der Waals surface area contributed by atoms with Crippen molar-refractivity contribution in [1.29, 1.82) is 0 Å². The van der Waals surface area contributed by atoms with Crippen molar-refractivity contribution in [1.82, 2.24) is 14.9 Å². The van der Waals surface area contributed by atoms with E-state index in [0.29, 0.717) is 5.02 Å². The zero-order valence-corrected chi connectivity index (χ0v) is 17.8. The first-order chi connectivity index (χ1) is 14.2. The molecule has 1 N–H and O–H groups in total. The van der Waals surface area contributed by atoms with E-state index < -0.39 is 0 Å². The van der Waals surface area contributed by atoms with E-state index in [-0.39, 0.29) is 18.0 Å². The third-order valence-corrected chi connectivity index (χ3v) is 5.63. The number of aromatic nitrogens is 2. The first kappa shape index (κ1) is 20.7. The Hall–Kier alpha value is -2.60. The summed E-state index contributed by atoms with van der Waals surface area (Å²) in [4.78, 5) is 17.0. The van der Waals surface area contributed by atoms with Gasteiger partial charge in [-0.3, -0.25) is 14.3 Å². The van der Waals surface area contributed by atoms with Crippen molar-refractivity contribution in [2.75, 3.05) is 6.54 Å². The molecule has 5 rings (SSSR count). The van der Waals surface area contributed by atoms with Crippen molar-refractivity contribution in [2.45, 2.75) is 25.8 Å². The van der Waals surface area contributed by atoms with E-state index in [1.165, 1.54) is 5.56 Å². The van der Waals surface area contributed by atoms with Gasteiger partial charge in [0.1, 0.15) is 11.3 Å². The number of hydrogen-bond donors (Lipinski definition) is 1. The van der Waals surface area contributed by atoms with Crippen molar-refractivity contribution in [2.24, 2.45) is 0 Å². The van der Waals surface area contributed by atoms with E-state index in [9.17, 15) is 4.79 Å². The molecule has 0 radical (unpaired) electrons. The summed E-state index contributed by atoms with van der Waals surface area (Å²) in [7, 11) is 0. The van der Waals surface area contributed by atoms with E-state index in [1.807, 2.05) is 42.6 Å². The topological polar surface area (TPSA) is 60.1 Å². The average molecular weight is 442 g/mol. The average Bonchev–Trinajstić information content (AvgIpc) is 3.11. The van der Waals surface area contributed by atoms with Gasteiger partial charge in [-0.2, -0.15) is 0 Å². The van der Waals surface area contributed by atoms with E-state index in [2.05, 4.69) is 10.3 Å². The fourth-order valence-electron chi connectivity index (χ4n) is 3.87. The van der Waals surface area contributed by atoms with E-state index in [0.717, 1.165) is 66.0 Å². The maximum absolute atomic E-state index is 12.7. The Labute approximate surface area is 185 Å². The lowest BCUT2D eigenvalue weighted by Gasteiger charge is -2.10. The number of benzene rings is 1. The lowest BCUT2D eigenvalue weighted by atomic mass is 10.1. The highest BCUT2D eigenvalue weighted by molar-refractivity contribution is 6.30. The van der Waals surface area contributed by atoms with Crippen LogP contribution in [0.4, 0.5) is 0 Å². The standard InChI is InChI=1S/C23H20ClN3O2.ClH/c24-16-2-4-17(26-13-16)3-1-15-8-10-27(23(28)11-15)18-5-6-19-20-14-25-9-7-21(20)29-22(19)12-18;/h2,4-6,8,10-13,25H,1,3,7,9,14H2;1H. The summed E-state index contributed by atoms with van der Waals surface area (Å²) in [6, 6.07) is 13.4. The van der Waals surface area contributed by atoms with Crippen LogP contribution in [-0.2, 0) is 25.8 Å². The molecule has 0 fully saturated rings. The van der Waals surface area contributed by atoms with Crippen LogP contribution in [0.1, 0.15) is 22.6 Å². The minimum Gasteiger partial charge on any atom is -0.461 e. The van der Waals surface area contributed by atoms with Gasteiger partial charge in [0, 0.05) is 60.7 Å². The predicted octanol–water partition coefficient (Wildman–Crippen LogP) is 4.48. The normalized spacial score (nSPS) is 13.1. The molecule has 0 unspecified atom stereocenters. The van der Waals surface area contributed by atoms with Gasteiger partial charge >= 0.3 is 0 Å². The van der Waals surface area contributed by atoms with Gasteiger partial charge in [-0.1, -0.05) is 11.6 Å². The molecule has 0 amide bonds. The van der Waals surface area contributed by atoms with Gasteiger partial charge in [0.05, 0.1) is 10.7 Å². The molecular formula is C23H21Cl2N3O2. The fraction of sp³-hybridized carbons (Fsp3) is 0.217. The van der Waals surface area contributed by atoms with Crippen LogP contribution in [0, 0.1) is 0 Å². The lowest BCUT2D eigenvalue weighted by molar-refractivity contribution is 0.500. The molecule has 0 saturated heterocycles. The van der Waals surface area contributed by atoms with Crippen molar-refractivity contribution < 1.29 is 4.42 Å². The van der Waals surface area contributed by atoms with E-state index >= 15 is 0 Å². The number of hydrogen-bond acceptors (Lipinski definition) is 4. The van der Waals surface area contributed by atoms with E-state index in [1.54, 1.807) is 16.8 Å². The van der Waals surface area contributed by atoms with Gasteiger partial charge in [-0.05, 0) is 48.7 Å². The van der Waals surface area contributed by atoms with Crippen LogP contribution < -0.4 is 10.9 Å². The minimum absolute atomic E-state index is 0. The molecule has 0 bridgehead atoms. The molecule has 3 aromatic heterocycles. The Bertz CT molecular complexity index is 1250. The summed E-state index contributed by atoms with van der Waals surface area (Å²) < 4.78 is 7.70. The summed E-state index contributed by atoms with van der Waals surface area (Å²) in [6.07, 6.45) is 5.89.